The first-order chi connectivity index (χ1) is 8.15. The van der Waals surface area contributed by atoms with Gasteiger partial charge in [-0.25, -0.2) is 0 Å². The summed E-state index contributed by atoms with van der Waals surface area (Å²) in [7, 11) is 0. The van der Waals surface area contributed by atoms with Gasteiger partial charge in [-0.05, 0) is 31.2 Å². The molecule has 2 aliphatic rings. The van der Waals surface area contributed by atoms with E-state index >= 15 is 0 Å². The first-order valence-electron chi connectivity index (χ1n) is 6.87. The minimum Gasteiger partial charge on any atom is -0.355 e. The quantitative estimate of drug-likeness (QED) is 0.748. The van der Waals surface area contributed by atoms with Gasteiger partial charge in [0.05, 0.1) is 6.54 Å². The van der Waals surface area contributed by atoms with Crippen LogP contribution < -0.4 is 10.6 Å². The van der Waals surface area contributed by atoms with E-state index < -0.39 is 0 Å². The molecule has 2 rings (SSSR count). The van der Waals surface area contributed by atoms with Crippen molar-refractivity contribution in [1.29, 1.82) is 0 Å². The Balaban J connectivity index is 1.70. The van der Waals surface area contributed by atoms with Crippen molar-refractivity contribution in [2.24, 2.45) is 11.8 Å². The van der Waals surface area contributed by atoms with Crippen molar-refractivity contribution in [3.63, 3.8) is 0 Å². The van der Waals surface area contributed by atoms with E-state index in [9.17, 15) is 4.79 Å². The standard InChI is InChI=1S/C13H25N3O/c1-10(2)7-15-13(17)9-16-6-4-12-11(8-16)3-5-14-12/h10-12,14H,3-9H2,1-2H3,(H,15,17). The number of hydrogen-bond donors (Lipinski definition) is 2. The van der Waals surface area contributed by atoms with E-state index in [0.29, 0.717) is 18.5 Å². The molecule has 2 N–H and O–H groups in total. The molecule has 2 fully saturated rings. The number of carbonyl (C=O) groups excluding carboxylic acids is 1. The lowest BCUT2D eigenvalue weighted by molar-refractivity contribution is -0.122. The summed E-state index contributed by atoms with van der Waals surface area (Å²) in [6.07, 6.45) is 2.47. The maximum Gasteiger partial charge on any atom is 0.234 e. The molecule has 2 aliphatic heterocycles. The number of fused-ring (bicyclic) bond motifs is 1. The van der Waals surface area contributed by atoms with Gasteiger partial charge in [-0.3, -0.25) is 9.69 Å². The fourth-order valence-corrected chi connectivity index (χ4v) is 2.84. The molecule has 0 saturated carbocycles. The number of rotatable bonds is 4. The van der Waals surface area contributed by atoms with Crippen LogP contribution in [-0.4, -0.2) is 49.6 Å². The number of piperidine rings is 1. The smallest absolute Gasteiger partial charge is 0.234 e. The van der Waals surface area contributed by atoms with Crippen LogP contribution in [0.4, 0.5) is 0 Å². The summed E-state index contributed by atoms with van der Waals surface area (Å²) in [5.74, 6) is 1.48. The second-order valence-electron chi connectivity index (χ2n) is 5.83. The van der Waals surface area contributed by atoms with Gasteiger partial charge in [0.25, 0.3) is 0 Å². The lowest BCUT2D eigenvalue weighted by Crippen LogP contribution is -2.48. The number of amides is 1. The SMILES string of the molecule is CC(C)CNC(=O)CN1CCC2NCCC2C1. The maximum absolute atomic E-state index is 11.7. The maximum atomic E-state index is 11.7. The largest absolute Gasteiger partial charge is 0.355 e. The molecule has 0 aromatic rings. The highest BCUT2D eigenvalue weighted by molar-refractivity contribution is 5.78. The Bertz CT molecular complexity index is 267. The number of likely N-dealkylation sites (tertiary alicyclic amines) is 1. The summed E-state index contributed by atoms with van der Waals surface area (Å²) in [6.45, 7) is 8.92. The van der Waals surface area contributed by atoms with Crippen LogP contribution in [0.25, 0.3) is 0 Å². The van der Waals surface area contributed by atoms with E-state index in [1.165, 1.54) is 12.8 Å². The lowest BCUT2D eigenvalue weighted by Gasteiger charge is -2.34. The summed E-state index contributed by atoms with van der Waals surface area (Å²) < 4.78 is 0. The third-order valence-corrected chi connectivity index (χ3v) is 3.81. The Morgan fingerprint density at radius 2 is 2.29 bits per heavy atom. The van der Waals surface area contributed by atoms with E-state index in [1.54, 1.807) is 0 Å². The highest BCUT2D eigenvalue weighted by atomic mass is 16.2. The predicted molar refractivity (Wildman–Crippen MR) is 68.8 cm³/mol. The van der Waals surface area contributed by atoms with Crippen LogP contribution >= 0.6 is 0 Å². The predicted octanol–water partition coefficient (Wildman–Crippen LogP) is 0.442. The van der Waals surface area contributed by atoms with Gasteiger partial charge >= 0.3 is 0 Å². The van der Waals surface area contributed by atoms with E-state index in [0.717, 1.165) is 32.1 Å². The summed E-state index contributed by atoms with van der Waals surface area (Å²) in [5, 5.41) is 6.54. The molecule has 0 aromatic carbocycles. The van der Waals surface area contributed by atoms with Crippen molar-refractivity contribution in [2.75, 3.05) is 32.7 Å². The zero-order valence-corrected chi connectivity index (χ0v) is 11.0. The van der Waals surface area contributed by atoms with Crippen molar-refractivity contribution in [2.45, 2.75) is 32.7 Å². The number of hydrogen-bond acceptors (Lipinski definition) is 3. The third-order valence-electron chi connectivity index (χ3n) is 3.81. The fourth-order valence-electron chi connectivity index (χ4n) is 2.84. The molecule has 98 valence electrons. The molecule has 4 nitrogen and oxygen atoms in total. The van der Waals surface area contributed by atoms with Crippen molar-refractivity contribution in [3.8, 4) is 0 Å². The molecule has 17 heavy (non-hydrogen) atoms. The van der Waals surface area contributed by atoms with Crippen molar-refractivity contribution in [1.82, 2.24) is 15.5 Å². The highest BCUT2D eigenvalue weighted by Crippen LogP contribution is 2.24. The monoisotopic (exact) mass is 239 g/mol. The Hall–Kier alpha value is -0.610. The topological polar surface area (TPSA) is 44.4 Å². The normalized spacial score (nSPS) is 29.4. The summed E-state index contributed by atoms with van der Waals surface area (Å²) in [5.41, 5.74) is 0. The Morgan fingerprint density at radius 1 is 1.47 bits per heavy atom. The van der Waals surface area contributed by atoms with Gasteiger partial charge in [0.15, 0.2) is 0 Å². The molecule has 0 spiro atoms. The Labute approximate surface area is 104 Å². The molecule has 0 aliphatic carbocycles. The molecule has 0 radical (unpaired) electrons. The van der Waals surface area contributed by atoms with Crippen LogP contribution in [-0.2, 0) is 4.79 Å². The minimum absolute atomic E-state index is 0.183. The average Bonchev–Trinajstić information content (AvgIpc) is 2.73. The van der Waals surface area contributed by atoms with Crippen LogP contribution in [0, 0.1) is 11.8 Å². The van der Waals surface area contributed by atoms with Crippen molar-refractivity contribution < 1.29 is 4.79 Å². The average molecular weight is 239 g/mol. The third kappa shape index (κ3) is 3.68. The molecule has 0 aromatic heterocycles. The van der Waals surface area contributed by atoms with Crippen LogP contribution in [0.1, 0.15) is 26.7 Å². The molecule has 4 heteroatoms. The second-order valence-corrected chi connectivity index (χ2v) is 5.83. The first-order valence-corrected chi connectivity index (χ1v) is 6.87. The zero-order valence-electron chi connectivity index (χ0n) is 11.0. The van der Waals surface area contributed by atoms with Gasteiger partial charge < -0.3 is 10.6 Å². The lowest BCUT2D eigenvalue weighted by atomic mass is 9.93. The van der Waals surface area contributed by atoms with Crippen LogP contribution in [0.3, 0.4) is 0 Å². The van der Waals surface area contributed by atoms with E-state index in [-0.39, 0.29) is 5.91 Å². The Kier molecular flexibility index (Phi) is 4.40. The molecule has 2 atom stereocenters. The van der Waals surface area contributed by atoms with Crippen molar-refractivity contribution in [3.05, 3.63) is 0 Å². The van der Waals surface area contributed by atoms with Gasteiger partial charge in [0.1, 0.15) is 0 Å². The van der Waals surface area contributed by atoms with Gasteiger partial charge in [-0.1, -0.05) is 13.8 Å². The van der Waals surface area contributed by atoms with E-state index in [1.807, 2.05) is 0 Å². The van der Waals surface area contributed by atoms with E-state index in [4.69, 9.17) is 0 Å². The minimum atomic E-state index is 0.183. The fraction of sp³-hybridized carbons (Fsp3) is 0.923. The number of nitrogens with zero attached hydrogens (tertiary/aromatic N) is 1. The van der Waals surface area contributed by atoms with Crippen LogP contribution in [0.2, 0.25) is 0 Å². The molecule has 0 bridgehead atoms. The number of nitrogens with one attached hydrogen (secondary N) is 2. The van der Waals surface area contributed by atoms with Crippen LogP contribution in [0.15, 0.2) is 0 Å². The number of carbonyl (C=O) groups is 1. The van der Waals surface area contributed by atoms with Gasteiger partial charge in [0, 0.05) is 25.7 Å². The molecular formula is C13H25N3O. The zero-order chi connectivity index (χ0) is 12.3. The first kappa shape index (κ1) is 12.8. The molecule has 2 saturated heterocycles. The molecule has 2 unspecified atom stereocenters. The molecule has 2 heterocycles. The van der Waals surface area contributed by atoms with Crippen molar-refractivity contribution >= 4 is 5.91 Å². The van der Waals surface area contributed by atoms with Gasteiger partial charge in [-0.15, -0.1) is 0 Å². The van der Waals surface area contributed by atoms with E-state index in [2.05, 4.69) is 29.4 Å². The second kappa shape index (κ2) is 5.83. The summed E-state index contributed by atoms with van der Waals surface area (Å²) in [6, 6.07) is 0.713. The Morgan fingerprint density at radius 3 is 3.06 bits per heavy atom. The summed E-state index contributed by atoms with van der Waals surface area (Å²) in [4.78, 5) is 14.0. The molecular weight excluding hydrogens is 214 g/mol. The van der Waals surface area contributed by atoms with Gasteiger partial charge in [-0.2, -0.15) is 0 Å². The summed E-state index contributed by atoms with van der Waals surface area (Å²) >= 11 is 0. The highest BCUT2D eigenvalue weighted by Gasteiger charge is 2.32. The van der Waals surface area contributed by atoms with Gasteiger partial charge in [0.2, 0.25) is 5.91 Å². The molecule has 1 amide bonds. The van der Waals surface area contributed by atoms with Crippen LogP contribution in [0.5, 0.6) is 0 Å².